The molecule has 2 heterocycles. The number of esters is 1. The second-order valence-electron chi connectivity index (χ2n) is 8.22. The number of benzene rings is 1. The summed E-state index contributed by atoms with van der Waals surface area (Å²) in [7, 11) is 0. The van der Waals surface area contributed by atoms with E-state index in [0.29, 0.717) is 41.9 Å². The van der Waals surface area contributed by atoms with Gasteiger partial charge in [0.15, 0.2) is 5.78 Å². The molecular weight excluding hydrogens is 456 g/mol. The van der Waals surface area contributed by atoms with Gasteiger partial charge in [-0.15, -0.1) is 11.3 Å². The Labute approximate surface area is 201 Å². The van der Waals surface area contributed by atoms with Crippen LogP contribution in [0.2, 0.25) is 0 Å². The predicted molar refractivity (Wildman–Crippen MR) is 127 cm³/mol. The molecule has 0 fully saturated rings. The Bertz CT molecular complexity index is 1170. The van der Waals surface area contributed by atoms with Gasteiger partial charge in [-0.25, -0.2) is 4.79 Å². The summed E-state index contributed by atoms with van der Waals surface area (Å²) in [6.07, 6.45) is 0.940. The quantitative estimate of drug-likeness (QED) is 0.254. The number of allylic oxidation sites excluding steroid dienone is 3. The van der Waals surface area contributed by atoms with E-state index in [0.717, 1.165) is 10.6 Å². The summed E-state index contributed by atoms with van der Waals surface area (Å²) in [5.74, 6) is -1.33. The number of rotatable bonds is 8. The molecule has 178 valence electrons. The molecule has 2 aliphatic rings. The van der Waals surface area contributed by atoms with Gasteiger partial charge in [-0.2, -0.15) is 0 Å². The molecule has 0 radical (unpaired) electrons. The Morgan fingerprint density at radius 3 is 2.76 bits per heavy atom. The molecule has 1 aromatic heterocycles. The third kappa shape index (κ3) is 4.80. The van der Waals surface area contributed by atoms with Crippen molar-refractivity contribution < 1.29 is 24.0 Å². The van der Waals surface area contributed by atoms with Crippen LogP contribution in [0.1, 0.15) is 49.0 Å². The van der Waals surface area contributed by atoms with E-state index < -0.39 is 16.8 Å². The molecule has 1 N–H and O–H groups in total. The molecule has 34 heavy (non-hydrogen) atoms. The molecule has 2 atom stereocenters. The van der Waals surface area contributed by atoms with Gasteiger partial charge in [0.2, 0.25) is 0 Å². The maximum Gasteiger partial charge on any atom is 0.336 e. The van der Waals surface area contributed by atoms with Gasteiger partial charge in [0.25, 0.3) is 5.69 Å². The normalized spacial score (nSPS) is 20.1. The Morgan fingerprint density at radius 1 is 1.24 bits per heavy atom. The third-order valence-electron chi connectivity index (χ3n) is 6.07. The number of nitrogens with zero attached hydrogens (tertiary/aromatic N) is 1. The van der Waals surface area contributed by atoms with Gasteiger partial charge in [0, 0.05) is 58.8 Å². The molecular formula is C25H26N2O6S. The van der Waals surface area contributed by atoms with Gasteiger partial charge < -0.3 is 14.8 Å². The number of nitrogens with one attached hydrogen (secondary N) is 1. The Kier molecular flexibility index (Phi) is 7.23. The smallest absolute Gasteiger partial charge is 0.336 e. The van der Waals surface area contributed by atoms with Crippen molar-refractivity contribution in [3.8, 4) is 0 Å². The third-order valence-corrected chi connectivity index (χ3v) is 7.11. The lowest BCUT2D eigenvalue weighted by Crippen LogP contribution is -2.36. The summed E-state index contributed by atoms with van der Waals surface area (Å²) in [4.78, 5) is 38.7. The first kappa shape index (κ1) is 23.8. The van der Waals surface area contributed by atoms with Crippen LogP contribution in [-0.4, -0.2) is 36.5 Å². The standard InChI is InChI=1S/C25H26N2O6S/c1-3-32-9-10-33-25(29)22-15(2)26-19-13-17(21-8-5-11-34-21)14-20(28)24(19)23(22)16-6-4-7-18(12-16)27(30)31/h4-8,11-12,17,23,26H,3,9-10,13-14H2,1-2H3/t17-,23+/m1/s1. The summed E-state index contributed by atoms with van der Waals surface area (Å²) in [6, 6.07) is 10.1. The van der Waals surface area contributed by atoms with Crippen molar-refractivity contribution in [3.05, 3.63) is 84.9 Å². The number of ketones is 1. The maximum absolute atomic E-state index is 13.5. The van der Waals surface area contributed by atoms with E-state index in [-0.39, 0.29) is 30.6 Å². The zero-order chi connectivity index (χ0) is 24.2. The fourth-order valence-electron chi connectivity index (χ4n) is 4.60. The average Bonchev–Trinajstić information content (AvgIpc) is 3.36. The molecule has 1 aliphatic heterocycles. The monoisotopic (exact) mass is 482 g/mol. The van der Waals surface area contributed by atoms with Crippen molar-refractivity contribution in [1.82, 2.24) is 5.32 Å². The highest BCUT2D eigenvalue weighted by molar-refractivity contribution is 7.10. The van der Waals surface area contributed by atoms with Crippen LogP contribution >= 0.6 is 11.3 Å². The lowest BCUT2D eigenvalue weighted by Gasteiger charge is -2.36. The number of nitro groups is 1. The van der Waals surface area contributed by atoms with E-state index in [1.807, 2.05) is 24.4 Å². The Hall–Kier alpha value is -3.30. The number of dihydropyridines is 1. The SMILES string of the molecule is CCOCCOC(=O)C1=C(C)NC2=C(C(=O)C[C@H](c3cccs3)C2)[C@H]1c1cccc([N+](=O)[O-])c1. The summed E-state index contributed by atoms with van der Waals surface area (Å²) in [5, 5.41) is 16.7. The second-order valence-corrected chi connectivity index (χ2v) is 9.20. The van der Waals surface area contributed by atoms with E-state index in [9.17, 15) is 19.7 Å². The number of Topliss-reactive ketones (excluding diaryl/α,β-unsaturated/α-hetero) is 1. The fraction of sp³-hybridized carbons (Fsp3) is 0.360. The lowest BCUT2D eigenvalue weighted by atomic mass is 9.72. The number of nitro benzene ring substituents is 1. The molecule has 0 saturated carbocycles. The van der Waals surface area contributed by atoms with E-state index in [1.165, 1.54) is 12.1 Å². The van der Waals surface area contributed by atoms with E-state index in [1.54, 1.807) is 30.4 Å². The molecule has 0 amide bonds. The molecule has 2 aromatic rings. The van der Waals surface area contributed by atoms with Crippen molar-refractivity contribution >= 4 is 28.8 Å². The van der Waals surface area contributed by atoms with Crippen LogP contribution in [0.15, 0.2) is 64.3 Å². The molecule has 8 nitrogen and oxygen atoms in total. The molecule has 0 spiro atoms. The molecule has 9 heteroatoms. The lowest BCUT2D eigenvalue weighted by molar-refractivity contribution is -0.384. The zero-order valence-electron chi connectivity index (χ0n) is 19.0. The zero-order valence-corrected chi connectivity index (χ0v) is 19.9. The van der Waals surface area contributed by atoms with Crippen LogP contribution in [0.5, 0.6) is 0 Å². The van der Waals surface area contributed by atoms with Gasteiger partial charge in [-0.05, 0) is 37.3 Å². The highest BCUT2D eigenvalue weighted by atomic mass is 32.1. The minimum absolute atomic E-state index is 0.0528. The number of ether oxygens (including phenoxy) is 2. The molecule has 4 rings (SSSR count). The van der Waals surface area contributed by atoms with Crippen LogP contribution in [0, 0.1) is 10.1 Å². The van der Waals surface area contributed by atoms with Crippen LogP contribution in [0.25, 0.3) is 0 Å². The molecule has 0 unspecified atom stereocenters. The highest BCUT2D eigenvalue weighted by Crippen LogP contribution is 2.46. The van der Waals surface area contributed by atoms with Gasteiger partial charge in [-0.3, -0.25) is 14.9 Å². The first-order valence-electron chi connectivity index (χ1n) is 11.2. The summed E-state index contributed by atoms with van der Waals surface area (Å²) in [5.41, 5.74) is 2.53. The molecule has 0 bridgehead atoms. The van der Waals surface area contributed by atoms with Crippen LogP contribution in [-0.2, 0) is 19.1 Å². The molecule has 1 aromatic carbocycles. The maximum atomic E-state index is 13.5. The Morgan fingerprint density at radius 2 is 2.06 bits per heavy atom. The minimum Gasteiger partial charge on any atom is -0.460 e. The summed E-state index contributed by atoms with van der Waals surface area (Å²) >= 11 is 1.62. The van der Waals surface area contributed by atoms with E-state index in [2.05, 4.69) is 5.32 Å². The number of carbonyl (C=O) groups is 2. The van der Waals surface area contributed by atoms with Gasteiger partial charge in [0.1, 0.15) is 6.61 Å². The number of hydrogen-bond acceptors (Lipinski definition) is 8. The Balaban J connectivity index is 1.75. The number of thiophene rings is 1. The second kappa shape index (κ2) is 10.3. The van der Waals surface area contributed by atoms with Crippen molar-refractivity contribution in [2.24, 2.45) is 0 Å². The highest BCUT2D eigenvalue weighted by Gasteiger charge is 2.41. The number of non-ortho nitro benzene ring substituents is 1. The van der Waals surface area contributed by atoms with Crippen molar-refractivity contribution in [1.29, 1.82) is 0 Å². The number of hydrogen-bond donors (Lipinski definition) is 1. The van der Waals surface area contributed by atoms with Crippen molar-refractivity contribution in [2.75, 3.05) is 19.8 Å². The van der Waals surface area contributed by atoms with Crippen molar-refractivity contribution in [2.45, 2.75) is 38.5 Å². The van der Waals surface area contributed by atoms with Gasteiger partial charge >= 0.3 is 5.97 Å². The predicted octanol–water partition coefficient (Wildman–Crippen LogP) is 4.60. The minimum atomic E-state index is -0.743. The number of carbonyl (C=O) groups excluding carboxylic acids is 2. The van der Waals surface area contributed by atoms with Crippen LogP contribution in [0.3, 0.4) is 0 Å². The molecule has 1 aliphatic carbocycles. The van der Waals surface area contributed by atoms with E-state index in [4.69, 9.17) is 9.47 Å². The van der Waals surface area contributed by atoms with Crippen molar-refractivity contribution in [3.63, 3.8) is 0 Å². The summed E-state index contributed by atoms with van der Waals surface area (Å²) < 4.78 is 10.7. The molecule has 0 saturated heterocycles. The summed E-state index contributed by atoms with van der Waals surface area (Å²) in [6.45, 7) is 4.47. The topological polar surface area (TPSA) is 108 Å². The van der Waals surface area contributed by atoms with Crippen LogP contribution < -0.4 is 5.32 Å². The fourth-order valence-corrected chi connectivity index (χ4v) is 5.43. The van der Waals surface area contributed by atoms with Gasteiger partial charge in [-0.1, -0.05) is 18.2 Å². The van der Waals surface area contributed by atoms with Crippen LogP contribution in [0.4, 0.5) is 5.69 Å². The van der Waals surface area contributed by atoms with E-state index >= 15 is 0 Å². The largest absolute Gasteiger partial charge is 0.460 e. The van der Waals surface area contributed by atoms with Gasteiger partial charge in [0.05, 0.1) is 17.1 Å². The first-order chi connectivity index (χ1) is 16.4. The first-order valence-corrected chi connectivity index (χ1v) is 12.0. The average molecular weight is 483 g/mol.